The Hall–Kier alpha value is -1.36. The molecule has 27 heavy (non-hydrogen) atoms. The van der Waals surface area contributed by atoms with Crippen LogP contribution in [0.1, 0.15) is 39.2 Å². The summed E-state index contributed by atoms with van der Waals surface area (Å²) in [5.74, 6) is 0.0636. The van der Waals surface area contributed by atoms with E-state index in [4.69, 9.17) is 12.2 Å². The molecule has 2 rings (SSSR count). The number of urea groups is 1. The van der Waals surface area contributed by atoms with E-state index in [0.717, 1.165) is 17.3 Å². The van der Waals surface area contributed by atoms with Gasteiger partial charge in [0.05, 0.1) is 11.0 Å². The summed E-state index contributed by atoms with van der Waals surface area (Å²) in [5, 5.41) is 29.6. The Bertz CT molecular complexity index is 745. The van der Waals surface area contributed by atoms with Gasteiger partial charge in [-0.2, -0.15) is 10.2 Å². The molecule has 7 nitrogen and oxygen atoms in total. The van der Waals surface area contributed by atoms with Crippen LogP contribution in [-0.4, -0.2) is 54.4 Å². The van der Waals surface area contributed by atoms with Crippen molar-refractivity contribution in [2.45, 2.75) is 44.5 Å². The summed E-state index contributed by atoms with van der Waals surface area (Å²) in [6.07, 6.45) is 2.42. The highest BCUT2D eigenvalue weighted by atomic mass is 79.9. The molecule has 0 saturated carbocycles. The number of thioether (sulfide) groups is 1. The van der Waals surface area contributed by atoms with Gasteiger partial charge in [-0.3, -0.25) is 5.21 Å². The average Bonchev–Trinajstić information content (AvgIpc) is 2.83. The molecule has 1 heterocycles. The van der Waals surface area contributed by atoms with Crippen LogP contribution in [0.3, 0.4) is 0 Å². The van der Waals surface area contributed by atoms with Crippen LogP contribution >= 0.6 is 39.9 Å². The smallest absolute Gasteiger partial charge is 0.343 e. The van der Waals surface area contributed by atoms with Crippen LogP contribution in [0.4, 0.5) is 4.79 Å². The molecule has 0 bridgehead atoms. The molecule has 1 aliphatic heterocycles. The molecule has 2 amide bonds. The van der Waals surface area contributed by atoms with Gasteiger partial charge in [-0.1, -0.05) is 53.3 Å². The second-order valence-electron chi connectivity index (χ2n) is 6.57. The Morgan fingerprint density at radius 1 is 1.56 bits per heavy atom. The molecule has 1 atom stereocenters. The van der Waals surface area contributed by atoms with Crippen molar-refractivity contribution in [1.82, 2.24) is 15.4 Å². The number of nitrogens with one attached hydrogen (secondary N) is 1. The van der Waals surface area contributed by atoms with E-state index in [2.05, 4.69) is 26.3 Å². The van der Waals surface area contributed by atoms with Gasteiger partial charge in [-0.25, -0.2) is 9.80 Å². The van der Waals surface area contributed by atoms with Gasteiger partial charge in [0.15, 0.2) is 10.5 Å². The van der Waals surface area contributed by atoms with Crippen LogP contribution in [0.5, 0.6) is 5.75 Å². The quantitative estimate of drug-likeness (QED) is 0.189. The third-order valence-electron chi connectivity index (χ3n) is 3.95. The Balaban J connectivity index is 2.24. The van der Waals surface area contributed by atoms with E-state index in [1.165, 1.54) is 23.0 Å². The van der Waals surface area contributed by atoms with Crippen LogP contribution in [-0.2, 0) is 0 Å². The molecule has 0 radical (unpaired) electrons. The lowest BCUT2D eigenvalue weighted by Gasteiger charge is -2.34. The molecule has 0 aliphatic carbocycles. The monoisotopic (exact) mass is 474 g/mol. The number of carbonyl (C=O) groups excluding carboxylic acids is 1. The van der Waals surface area contributed by atoms with Crippen molar-refractivity contribution in [3.05, 3.63) is 28.2 Å². The molecule has 10 heteroatoms. The summed E-state index contributed by atoms with van der Waals surface area (Å²) in [6, 6.07) is 4.37. The van der Waals surface area contributed by atoms with Gasteiger partial charge in [-0.15, -0.1) is 0 Å². The molecular weight excluding hydrogens is 452 g/mol. The Labute approximate surface area is 176 Å². The number of rotatable bonds is 6. The number of hydrazone groups is 1. The van der Waals surface area contributed by atoms with Crippen molar-refractivity contribution >= 4 is 56.5 Å². The largest absolute Gasteiger partial charge is 0.507 e. The fourth-order valence-corrected chi connectivity index (χ4v) is 4.71. The zero-order valence-corrected chi connectivity index (χ0v) is 18.6. The highest BCUT2D eigenvalue weighted by molar-refractivity contribution is 9.10. The minimum Gasteiger partial charge on any atom is -0.507 e. The number of benzene rings is 1. The number of carbonyl (C=O) groups is 1. The lowest BCUT2D eigenvalue weighted by atomic mass is 10.1. The number of halogens is 1. The Kier molecular flexibility index (Phi) is 7.49. The first kappa shape index (κ1) is 21.9. The number of hydrogen-bond acceptors (Lipinski definition) is 6. The number of unbranched alkanes of at least 4 members (excludes halogenated alkanes) is 1. The fourth-order valence-electron chi connectivity index (χ4n) is 2.54. The highest BCUT2D eigenvalue weighted by Crippen LogP contribution is 2.42. The summed E-state index contributed by atoms with van der Waals surface area (Å²) >= 11 is 10.1. The molecule has 0 aromatic heterocycles. The van der Waals surface area contributed by atoms with Crippen LogP contribution in [0.15, 0.2) is 27.8 Å². The minimum atomic E-state index is -0.790. The first-order valence-corrected chi connectivity index (χ1v) is 10.5. The molecule has 1 aliphatic rings. The van der Waals surface area contributed by atoms with Gasteiger partial charge in [0.1, 0.15) is 5.75 Å². The molecule has 0 spiro atoms. The van der Waals surface area contributed by atoms with Gasteiger partial charge in [0.2, 0.25) is 0 Å². The Morgan fingerprint density at radius 3 is 2.93 bits per heavy atom. The number of thiocarbonyl (C=S) groups is 1. The van der Waals surface area contributed by atoms with E-state index >= 15 is 0 Å². The van der Waals surface area contributed by atoms with Crippen LogP contribution in [0, 0.1) is 0 Å². The number of aromatic hydroxyl groups is 1. The predicted octanol–water partition coefficient (Wildman–Crippen LogP) is 4.13. The average molecular weight is 475 g/mol. The molecule has 3 N–H and O–H groups in total. The Morgan fingerprint density at radius 2 is 2.26 bits per heavy atom. The van der Waals surface area contributed by atoms with E-state index in [1.807, 2.05) is 20.8 Å². The highest BCUT2D eigenvalue weighted by Gasteiger charge is 2.49. The summed E-state index contributed by atoms with van der Waals surface area (Å²) in [6.45, 7) is 6.25. The van der Waals surface area contributed by atoms with Crippen molar-refractivity contribution in [2.24, 2.45) is 5.10 Å². The van der Waals surface area contributed by atoms with E-state index in [1.54, 1.807) is 18.2 Å². The van der Waals surface area contributed by atoms with Crippen LogP contribution in [0.25, 0.3) is 0 Å². The van der Waals surface area contributed by atoms with Gasteiger partial charge in [0.25, 0.3) is 0 Å². The number of nitrogens with zero attached hydrogens (tertiary/aromatic N) is 3. The van der Waals surface area contributed by atoms with Crippen molar-refractivity contribution in [1.29, 1.82) is 0 Å². The van der Waals surface area contributed by atoms with E-state index in [9.17, 15) is 15.1 Å². The minimum absolute atomic E-state index is 0.0636. The molecule has 1 saturated heterocycles. The van der Waals surface area contributed by atoms with Gasteiger partial charge in [0, 0.05) is 16.6 Å². The number of hydrogen-bond donors (Lipinski definition) is 3. The maximum atomic E-state index is 12.3. The lowest BCUT2D eigenvalue weighted by molar-refractivity contribution is -0.118. The zero-order valence-electron chi connectivity index (χ0n) is 15.3. The standard InChI is InChI=1S/C17H23BrN4O3S2/c1-4-5-8-19-15(24)22(25)14-17(2,3)27-16(26)21(14)20-10-11-9-12(18)6-7-13(11)23/h6-7,9-10,14,23,25H,4-5,8H2,1-3H3,(H,19,24)/b20-10+. The number of phenols is 1. The maximum Gasteiger partial charge on any atom is 0.343 e. The normalized spacial score (nSPS) is 18.9. The van der Waals surface area contributed by atoms with Crippen LogP contribution < -0.4 is 5.32 Å². The fraction of sp³-hybridized carbons (Fsp3) is 0.471. The third-order valence-corrected chi connectivity index (χ3v) is 5.98. The van der Waals surface area contributed by atoms with Crippen molar-refractivity contribution in [3.63, 3.8) is 0 Å². The molecule has 1 fully saturated rings. The molecular formula is C17H23BrN4O3S2. The molecule has 1 aromatic rings. The first-order chi connectivity index (χ1) is 12.7. The summed E-state index contributed by atoms with van der Waals surface area (Å²) in [5.41, 5.74) is 0.484. The van der Waals surface area contributed by atoms with Gasteiger partial charge >= 0.3 is 6.03 Å². The van der Waals surface area contributed by atoms with Crippen molar-refractivity contribution in [3.8, 4) is 5.75 Å². The first-order valence-electron chi connectivity index (χ1n) is 8.48. The number of hydroxylamine groups is 2. The van der Waals surface area contributed by atoms with Crippen LogP contribution in [0.2, 0.25) is 0 Å². The lowest BCUT2D eigenvalue weighted by Crippen LogP contribution is -2.55. The second kappa shape index (κ2) is 9.22. The summed E-state index contributed by atoms with van der Waals surface area (Å²) in [4.78, 5) is 12.3. The molecule has 148 valence electrons. The van der Waals surface area contributed by atoms with Gasteiger partial charge < -0.3 is 10.4 Å². The van der Waals surface area contributed by atoms with Crippen molar-refractivity contribution in [2.75, 3.05) is 6.54 Å². The molecule has 1 unspecified atom stereocenters. The van der Waals surface area contributed by atoms with E-state index in [0.29, 0.717) is 21.5 Å². The molecule has 1 aromatic carbocycles. The second-order valence-corrected chi connectivity index (χ2v) is 9.77. The zero-order chi connectivity index (χ0) is 20.2. The number of phenolic OH excluding ortho intramolecular Hbond substituents is 1. The summed E-state index contributed by atoms with van der Waals surface area (Å²) < 4.78 is 0.636. The SMILES string of the molecule is CCCCNC(=O)N(O)C1N(/N=C/c2cc(Br)ccc2O)C(=S)SC1(C)C. The predicted molar refractivity (Wildman–Crippen MR) is 115 cm³/mol. The topological polar surface area (TPSA) is 88.4 Å². The third kappa shape index (κ3) is 5.34. The van der Waals surface area contributed by atoms with E-state index in [-0.39, 0.29) is 5.75 Å². The maximum absolute atomic E-state index is 12.3. The number of amides is 2. The van der Waals surface area contributed by atoms with Crippen molar-refractivity contribution < 1.29 is 15.1 Å². The van der Waals surface area contributed by atoms with Gasteiger partial charge in [-0.05, 0) is 38.5 Å². The van der Waals surface area contributed by atoms with E-state index < -0.39 is 16.9 Å². The summed E-state index contributed by atoms with van der Waals surface area (Å²) in [7, 11) is 0.